The van der Waals surface area contributed by atoms with Gasteiger partial charge < -0.3 is 35.2 Å². The highest BCUT2D eigenvalue weighted by Gasteiger charge is 2.43. The number of ether oxygens (including phenoxy) is 2. The Morgan fingerprint density at radius 2 is 1.75 bits per heavy atom. The van der Waals surface area contributed by atoms with Crippen LogP contribution in [0.15, 0.2) is 30.3 Å². The van der Waals surface area contributed by atoms with Crippen LogP contribution in [0.2, 0.25) is 0 Å². The molecule has 1 saturated heterocycles. The van der Waals surface area contributed by atoms with Crippen LogP contribution in [0.1, 0.15) is 18.4 Å². The predicted octanol–water partition coefficient (Wildman–Crippen LogP) is -1.49. The van der Waals surface area contributed by atoms with Crippen molar-refractivity contribution >= 4 is 11.9 Å². The minimum atomic E-state index is -1.49. The van der Waals surface area contributed by atoms with Gasteiger partial charge in [0.2, 0.25) is 5.91 Å². The van der Waals surface area contributed by atoms with Gasteiger partial charge in [-0.05, 0) is 12.0 Å². The van der Waals surface area contributed by atoms with Crippen molar-refractivity contribution in [2.75, 3.05) is 13.7 Å². The molecule has 0 bridgehead atoms. The van der Waals surface area contributed by atoms with Crippen molar-refractivity contribution < 1.29 is 39.5 Å². The van der Waals surface area contributed by atoms with Crippen LogP contribution in [-0.4, -0.2) is 82.6 Å². The van der Waals surface area contributed by atoms with Crippen LogP contribution in [0.4, 0.5) is 0 Å². The summed E-state index contributed by atoms with van der Waals surface area (Å²) in [7, 11) is 1.24. The predicted molar refractivity (Wildman–Crippen MR) is 97.1 cm³/mol. The van der Waals surface area contributed by atoms with Gasteiger partial charge in [-0.2, -0.15) is 0 Å². The molecule has 0 saturated carbocycles. The first-order valence-corrected chi connectivity index (χ1v) is 9.09. The van der Waals surface area contributed by atoms with E-state index in [0.29, 0.717) is 0 Å². The van der Waals surface area contributed by atoms with E-state index in [2.05, 4.69) is 5.32 Å². The Labute approximate surface area is 162 Å². The molecule has 28 heavy (non-hydrogen) atoms. The molecular weight excluding hydrogens is 370 g/mol. The second-order valence-electron chi connectivity index (χ2n) is 6.74. The third kappa shape index (κ3) is 5.73. The summed E-state index contributed by atoms with van der Waals surface area (Å²) in [6.07, 6.45) is -6.08. The first kappa shape index (κ1) is 22.3. The lowest BCUT2D eigenvalue weighted by Gasteiger charge is -2.40. The topological polar surface area (TPSA) is 146 Å². The zero-order valence-electron chi connectivity index (χ0n) is 15.6. The van der Waals surface area contributed by atoms with Gasteiger partial charge in [0, 0.05) is 12.8 Å². The second kappa shape index (κ2) is 10.5. The molecule has 0 aromatic heterocycles. The summed E-state index contributed by atoms with van der Waals surface area (Å²) in [6, 6.07) is 8.28. The van der Waals surface area contributed by atoms with Crippen molar-refractivity contribution in [1.29, 1.82) is 0 Å². The summed E-state index contributed by atoms with van der Waals surface area (Å²) in [4.78, 5) is 24.3. The van der Waals surface area contributed by atoms with E-state index in [1.54, 1.807) is 0 Å². The van der Waals surface area contributed by atoms with Gasteiger partial charge in [-0.1, -0.05) is 30.3 Å². The maximum atomic E-state index is 12.3. The largest absolute Gasteiger partial charge is 0.467 e. The van der Waals surface area contributed by atoms with Crippen LogP contribution in [-0.2, 0) is 25.5 Å². The van der Waals surface area contributed by atoms with Crippen LogP contribution in [0.3, 0.4) is 0 Å². The minimum Gasteiger partial charge on any atom is -0.467 e. The molecule has 1 amide bonds. The lowest BCUT2D eigenvalue weighted by atomic mass is 9.93. The number of hydrogen-bond donors (Lipinski definition) is 5. The van der Waals surface area contributed by atoms with Crippen molar-refractivity contribution in [2.45, 2.75) is 55.8 Å². The van der Waals surface area contributed by atoms with Crippen LogP contribution >= 0.6 is 0 Å². The molecular formula is C19H27NO8. The second-order valence-corrected chi connectivity index (χ2v) is 6.74. The number of aliphatic hydroxyl groups excluding tert-OH is 4. The molecule has 1 aliphatic heterocycles. The van der Waals surface area contributed by atoms with Crippen molar-refractivity contribution in [3.8, 4) is 0 Å². The van der Waals surface area contributed by atoms with Crippen LogP contribution < -0.4 is 5.32 Å². The van der Waals surface area contributed by atoms with Gasteiger partial charge in [-0.15, -0.1) is 0 Å². The Morgan fingerprint density at radius 3 is 2.36 bits per heavy atom. The zero-order valence-corrected chi connectivity index (χ0v) is 15.6. The van der Waals surface area contributed by atoms with Crippen LogP contribution in [0.25, 0.3) is 0 Å². The van der Waals surface area contributed by atoms with Crippen molar-refractivity contribution in [3.63, 3.8) is 0 Å². The highest BCUT2D eigenvalue weighted by Crippen LogP contribution is 2.24. The summed E-state index contributed by atoms with van der Waals surface area (Å²) >= 11 is 0. The third-order valence-corrected chi connectivity index (χ3v) is 4.75. The van der Waals surface area contributed by atoms with Gasteiger partial charge in [0.25, 0.3) is 0 Å². The molecule has 1 heterocycles. The van der Waals surface area contributed by atoms with E-state index in [1.165, 1.54) is 7.11 Å². The number of nitrogens with one attached hydrogen (secondary N) is 1. The number of methoxy groups -OCH3 is 1. The Balaban J connectivity index is 1.92. The summed E-state index contributed by atoms with van der Waals surface area (Å²) in [5.41, 5.74) is 0.854. The van der Waals surface area contributed by atoms with Gasteiger partial charge in [0.05, 0.1) is 19.8 Å². The number of carbonyl (C=O) groups is 2. The highest BCUT2D eigenvalue weighted by atomic mass is 16.5. The number of rotatable bonds is 8. The molecule has 6 atom stereocenters. The standard InChI is InChI=1S/C19H27NO8/c1-27-19(26)12(9-11-5-3-2-4-6-11)20-15(22)8-7-13-16(23)18(25)17(24)14(10-21)28-13/h2-6,12-14,16-18,21,23-25H,7-10H2,1H3,(H,20,22)/t12-,13+,14+,16-,17+,18+/m0/s1. The van der Waals surface area contributed by atoms with Crippen molar-refractivity contribution in [3.05, 3.63) is 35.9 Å². The number of hydrogen-bond acceptors (Lipinski definition) is 8. The number of amides is 1. The number of carbonyl (C=O) groups excluding carboxylic acids is 2. The normalized spacial score (nSPS) is 28.4. The molecule has 0 aliphatic carbocycles. The van der Waals surface area contributed by atoms with Crippen LogP contribution in [0, 0.1) is 0 Å². The van der Waals surface area contributed by atoms with Gasteiger partial charge in [-0.25, -0.2) is 4.79 Å². The Bertz CT molecular complexity index is 638. The molecule has 2 rings (SSSR count). The van der Waals surface area contributed by atoms with E-state index in [0.717, 1.165) is 5.56 Å². The number of benzene rings is 1. The van der Waals surface area contributed by atoms with E-state index in [1.807, 2.05) is 30.3 Å². The highest BCUT2D eigenvalue weighted by molar-refractivity contribution is 5.84. The van der Waals surface area contributed by atoms with E-state index in [-0.39, 0.29) is 19.3 Å². The van der Waals surface area contributed by atoms with Crippen LogP contribution in [0.5, 0.6) is 0 Å². The molecule has 9 heteroatoms. The SMILES string of the molecule is COC(=O)[C@H](Cc1ccccc1)NC(=O)CC[C@H]1O[C@H](CO)[C@@H](O)[C@H](O)[C@H]1O. The molecule has 0 unspecified atom stereocenters. The first-order valence-electron chi connectivity index (χ1n) is 9.09. The molecule has 0 radical (unpaired) electrons. The summed E-state index contributed by atoms with van der Waals surface area (Å²) in [5, 5.41) is 41.4. The van der Waals surface area contributed by atoms with Gasteiger partial charge >= 0.3 is 5.97 Å². The fraction of sp³-hybridized carbons (Fsp3) is 0.579. The molecule has 1 aromatic carbocycles. The average molecular weight is 397 g/mol. The monoisotopic (exact) mass is 397 g/mol. The maximum Gasteiger partial charge on any atom is 0.328 e. The van der Waals surface area contributed by atoms with E-state index < -0.39 is 55.0 Å². The van der Waals surface area contributed by atoms with E-state index >= 15 is 0 Å². The number of aliphatic hydroxyl groups is 4. The molecule has 156 valence electrons. The maximum absolute atomic E-state index is 12.3. The quantitative estimate of drug-likeness (QED) is 0.334. The molecule has 1 fully saturated rings. The molecule has 1 aromatic rings. The Kier molecular flexibility index (Phi) is 8.34. The summed E-state index contributed by atoms with van der Waals surface area (Å²) in [5.74, 6) is -1.03. The third-order valence-electron chi connectivity index (χ3n) is 4.75. The first-order chi connectivity index (χ1) is 13.4. The fourth-order valence-electron chi connectivity index (χ4n) is 3.14. The van der Waals surface area contributed by atoms with Gasteiger partial charge in [-0.3, -0.25) is 4.79 Å². The Hall–Kier alpha value is -2.04. The van der Waals surface area contributed by atoms with Crippen molar-refractivity contribution in [2.24, 2.45) is 0 Å². The van der Waals surface area contributed by atoms with Gasteiger partial charge in [0.15, 0.2) is 0 Å². The van der Waals surface area contributed by atoms with E-state index in [4.69, 9.17) is 9.47 Å². The van der Waals surface area contributed by atoms with E-state index in [9.17, 15) is 30.0 Å². The molecule has 0 spiro atoms. The smallest absolute Gasteiger partial charge is 0.328 e. The minimum absolute atomic E-state index is 0.0342. The fourth-order valence-corrected chi connectivity index (χ4v) is 3.14. The lowest BCUT2D eigenvalue weighted by molar-refractivity contribution is -0.230. The number of esters is 1. The summed E-state index contributed by atoms with van der Waals surface area (Å²) in [6.45, 7) is -0.533. The zero-order chi connectivity index (χ0) is 20.7. The lowest BCUT2D eigenvalue weighted by Crippen LogP contribution is -2.58. The molecule has 1 aliphatic rings. The van der Waals surface area contributed by atoms with Gasteiger partial charge in [0.1, 0.15) is 30.5 Å². The molecule has 9 nitrogen and oxygen atoms in total. The molecule has 5 N–H and O–H groups in total. The summed E-state index contributed by atoms with van der Waals surface area (Å²) < 4.78 is 10.1. The average Bonchev–Trinajstić information content (AvgIpc) is 2.71. The Morgan fingerprint density at radius 1 is 1.11 bits per heavy atom. The van der Waals surface area contributed by atoms with Crippen molar-refractivity contribution in [1.82, 2.24) is 5.32 Å².